The highest BCUT2D eigenvalue weighted by molar-refractivity contribution is 5.96. The maximum absolute atomic E-state index is 12.9. The Morgan fingerprint density at radius 1 is 1.03 bits per heavy atom. The highest BCUT2D eigenvalue weighted by Crippen LogP contribution is 2.24. The molecule has 1 fully saturated rings. The van der Waals surface area contributed by atoms with E-state index in [4.69, 9.17) is 4.52 Å². The molecular formula is C25H28N4O3. The zero-order chi connectivity index (χ0) is 22.5. The van der Waals surface area contributed by atoms with Gasteiger partial charge in [0, 0.05) is 42.2 Å². The van der Waals surface area contributed by atoms with E-state index in [0.29, 0.717) is 49.6 Å². The predicted molar refractivity (Wildman–Crippen MR) is 122 cm³/mol. The molecule has 0 unspecified atom stereocenters. The Morgan fingerprint density at radius 3 is 2.41 bits per heavy atom. The van der Waals surface area contributed by atoms with Gasteiger partial charge >= 0.3 is 0 Å². The van der Waals surface area contributed by atoms with E-state index in [9.17, 15) is 9.59 Å². The molecule has 3 aromatic rings. The van der Waals surface area contributed by atoms with Crippen LogP contribution >= 0.6 is 0 Å². The van der Waals surface area contributed by atoms with Crippen LogP contribution in [0.4, 0.5) is 5.69 Å². The largest absolute Gasteiger partial charge is 0.339 e. The quantitative estimate of drug-likeness (QED) is 0.626. The third-order valence-corrected chi connectivity index (χ3v) is 5.97. The number of nitrogens with one attached hydrogen (secondary N) is 1. The molecule has 4 rings (SSSR count). The summed E-state index contributed by atoms with van der Waals surface area (Å²) in [6.07, 6.45) is 2.87. The number of piperidine rings is 1. The van der Waals surface area contributed by atoms with Crippen LogP contribution in [0.25, 0.3) is 11.4 Å². The fraction of sp³-hybridized carbons (Fsp3) is 0.360. The first-order valence-corrected chi connectivity index (χ1v) is 11.2. The van der Waals surface area contributed by atoms with Crippen LogP contribution in [0.1, 0.15) is 48.5 Å². The third-order valence-electron chi connectivity index (χ3n) is 5.97. The molecule has 1 aliphatic rings. The summed E-state index contributed by atoms with van der Waals surface area (Å²) >= 11 is 0. The van der Waals surface area contributed by atoms with Crippen molar-refractivity contribution < 1.29 is 14.1 Å². The number of hydrogen-bond donors (Lipinski definition) is 1. The molecule has 7 heteroatoms. The lowest BCUT2D eigenvalue weighted by Gasteiger charge is -2.31. The Labute approximate surface area is 187 Å². The Bertz CT molecular complexity index is 1080. The van der Waals surface area contributed by atoms with E-state index in [-0.39, 0.29) is 17.7 Å². The van der Waals surface area contributed by atoms with Crippen LogP contribution in [0.2, 0.25) is 0 Å². The number of benzene rings is 2. The van der Waals surface area contributed by atoms with Crippen LogP contribution in [-0.2, 0) is 17.6 Å². The van der Waals surface area contributed by atoms with Crippen molar-refractivity contribution in [1.29, 1.82) is 0 Å². The van der Waals surface area contributed by atoms with Gasteiger partial charge in [-0.05, 0) is 43.0 Å². The average Bonchev–Trinajstić information content (AvgIpc) is 3.33. The summed E-state index contributed by atoms with van der Waals surface area (Å²) in [6.45, 7) is 5.17. The summed E-state index contributed by atoms with van der Waals surface area (Å²) in [4.78, 5) is 31.8. The van der Waals surface area contributed by atoms with E-state index >= 15 is 0 Å². The minimum Gasteiger partial charge on any atom is -0.339 e. The van der Waals surface area contributed by atoms with Gasteiger partial charge in [-0.2, -0.15) is 4.98 Å². The van der Waals surface area contributed by atoms with E-state index in [1.165, 1.54) is 0 Å². The molecule has 32 heavy (non-hydrogen) atoms. The smallest absolute Gasteiger partial charge is 0.253 e. The van der Waals surface area contributed by atoms with Crippen LogP contribution in [-0.4, -0.2) is 39.9 Å². The molecule has 1 N–H and O–H groups in total. The number of carbonyl (C=O) groups is 2. The lowest BCUT2D eigenvalue weighted by Crippen LogP contribution is -2.41. The van der Waals surface area contributed by atoms with Crippen molar-refractivity contribution >= 4 is 17.5 Å². The highest BCUT2D eigenvalue weighted by atomic mass is 16.5. The molecule has 1 aromatic heterocycles. The Kier molecular flexibility index (Phi) is 6.63. The molecule has 1 saturated heterocycles. The molecule has 0 spiro atoms. The van der Waals surface area contributed by atoms with E-state index in [1.54, 1.807) is 12.1 Å². The number of amides is 2. The molecule has 0 bridgehead atoms. The first-order valence-electron chi connectivity index (χ1n) is 11.2. The second kappa shape index (κ2) is 9.77. The second-order valence-corrected chi connectivity index (χ2v) is 8.01. The zero-order valence-corrected chi connectivity index (χ0v) is 18.5. The van der Waals surface area contributed by atoms with Gasteiger partial charge in [-0.25, -0.2) is 0 Å². The number of aromatic nitrogens is 2. The molecule has 0 atom stereocenters. The molecule has 1 aliphatic heterocycles. The fourth-order valence-electron chi connectivity index (χ4n) is 3.99. The van der Waals surface area contributed by atoms with Gasteiger partial charge in [0.15, 0.2) is 0 Å². The minimum absolute atomic E-state index is 0.0194. The number of carbonyl (C=O) groups excluding carboxylic acids is 2. The van der Waals surface area contributed by atoms with Gasteiger partial charge in [-0.1, -0.05) is 49.3 Å². The van der Waals surface area contributed by atoms with Crippen LogP contribution in [0.3, 0.4) is 0 Å². The minimum atomic E-state index is -0.0858. The SMILES string of the molecule is CCc1nc(-c2ccc(C(=O)N3CCC(C(=O)Nc4ccccc4CC)CC3)cc2)no1. The van der Waals surface area contributed by atoms with Crippen molar-refractivity contribution in [2.75, 3.05) is 18.4 Å². The summed E-state index contributed by atoms with van der Waals surface area (Å²) in [7, 11) is 0. The first-order chi connectivity index (χ1) is 15.6. The lowest BCUT2D eigenvalue weighted by atomic mass is 9.95. The average molecular weight is 433 g/mol. The van der Waals surface area contributed by atoms with E-state index in [2.05, 4.69) is 22.4 Å². The molecule has 7 nitrogen and oxygen atoms in total. The standard InChI is InChI=1S/C25H28N4O3/c1-3-17-7-5-6-8-21(17)26-24(30)19-13-15-29(16-14-19)25(31)20-11-9-18(10-12-20)23-27-22(4-2)32-28-23/h5-12,19H,3-4,13-16H2,1-2H3,(H,26,30). The van der Waals surface area contributed by atoms with E-state index in [1.807, 2.05) is 48.2 Å². The van der Waals surface area contributed by atoms with Crippen molar-refractivity contribution in [2.45, 2.75) is 39.5 Å². The van der Waals surface area contributed by atoms with Gasteiger partial charge in [0.05, 0.1) is 0 Å². The monoisotopic (exact) mass is 432 g/mol. The third kappa shape index (κ3) is 4.72. The van der Waals surface area contributed by atoms with Crippen molar-refractivity contribution in [3.8, 4) is 11.4 Å². The van der Waals surface area contributed by atoms with Crippen LogP contribution in [0.15, 0.2) is 53.1 Å². The molecule has 0 saturated carbocycles. The summed E-state index contributed by atoms with van der Waals surface area (Å²) in [5.41, 5.74) is 3.44. The maximum Gasteiger partial charge on any atom is 0.253 e. The molecule has 166 valence electrons. The normalized spacial score (nSPS) is 14.4. The molecular weight excluding hydrogens is 404 g/mol. The van der Waals surface area contributed by atoms with Gasteiger partial charge in [0.1, 0.15) is 0 Å². The molecule has 0 radical (unpaired) electrons. The van der Waals surface area contributed by atoms with Crippen molar-refractivity contribution in [2.24, 2.45) is 5.92 Å². The van der Waals surface area contributed by atoms with Gasteiger partial charge in [-0.3, -0.25) is 9.59 Å². The predicted octanol–water partition coefficient (Wildman–Crippen LogP) is 4.35. The number of anilines is 1. The Balaban J connectivity index is 1.33. The van der Waals surface area contributed by atoms with Gasteiger partial charge in [0.2, 0.25) is 17.6 Å². The molecule has 2 heterocycles. The number of para-hydroxylation sites is 1. The number of nitrogens with zero attached hydrogens (tertiary/aromatic N) is 3. The van der Waals surface area contributed by atoms with Crippen LogP contribution < -0.4 is 5.32 Å². The number of hydrogen-bond acceptors (Lipinski definition) is 5. The Hall–Kier alpha value is -3.48. The van der Waals surface area contributed by atoms with E-state index in [0.717, 1.165) is 23.2 Å². The lowest BCUT2D eigenvalue weighted by molar-refractivity contribution is -0.121. The zero-order valence-electron chi connectivity index (χ0n) is 18.5. The van der Waals surface area contributed by atoms with Crippen molar-refractivity contribution in [3.05, 3.63) is 65.5 Å². The van der Waals surface area contributed by atoms with Crippen molar-refractivity contribution in [1.82, 2.24) is 15.0 Å². The number of rotatable bonds is 6. The summed E-state index contributed by atoms with van der Waals surface area (Å²) < 4.78 is 5.15. The highest BCUT2D eigenvalue weighted by Gasteiger charge is 2.28. The van der Waals surface area contributed by atoms with Gasteiger partial charge in [-0.15, -0.1) is 0 Å². The molecule has 0 aliphatic carbocycles. The number of likely N-dealkylation sites (tertiary alicyclic amines) is 1. The second-order valence-electron chi connectivity index (χ2n) is 8.01. The summed E-state index contributed by atoms with van der Waals surface area (Å²) in [5.74, 6) is 1.04. The van der Waals surface area contributed by atoms with Gasteiger partial charge in [0.25, 0.3) is 5.91 Å². The molecule has 2 aromatic carbocycles. The van der Waals surface area contributed by atoms with E-state index < -0.39 is 0 Å². The van der Waals surface area contributed by atoms with Gasteiger partial charge < -0.3 is 14.7 Å². The van der Waals surface area contributed by atoms with Crippen LogP contribution in [0.5, 0.6) is 0 Å². The maximum atomic E-state index is 12.9. The molecule has 2 amide bonds. The number of aryl methyl sites for hydroxylation is 2. The summed E-state index contributed by atoms with van der Waals surface area (Å²) in [5, 5.41) is 7.04. The Morgan fingerprint density at radius 2 is 1.75 bits per heavy atom. The topological polar surface area (TPSA) is 88.3 Å². The van der Waals surface area contributed by atoms with Crippen molar-refractivity contribution in [3.63, 3.8) is 0 Å². The van der Waals surface area contributed by atoms with Crippen LogP contribution in [0, 0.1) is 5.92 Å². The summed E-state index contributed by atoms with van der Waals surface area (Å²) in [6, 6.07) is 15.1. The fourth-order valence-corrected chi connectivity index (χ4v) is 3.99. The first kappa shape index (κ1) is 21.7.